The van der Waals surface area contributed by atoms with Gasteiger partial charge in [0.15, 0.2) is 9.50 Å². The van der Waals surface area contributed by atoms with Crippen LogP contribution in [-0.2, 0) is 12.8 Å². The largest absolute Gasteiger partial charge is 0.337 e. The topological polar surface area (TPSA) is 75.9 Å². The van der Waals surface area contributed by atoms with E-state index in [1.54, 1.807) is 0 Å². The summed E-state index contributed by atoms with van der Waals surface area (Å²) in [5.74, 6) is 0. The number of hydrogen-bond donors (Lipinski definition) is 1. The van der Waals surface area contributed by atoms with Crippen molar-refractivity contribution in [2.75, 3.05) is 0 Å². The highest BCUT2D eigenvalue weighted by molar-refractivity contribution is 8.01. The Labute approximate surface area is 123 Å². The molecule has 104 valence electrons. The number of H-pyrrole nitrogens is 1. The van der Waals surface area contributed by atoms with E-state index in [2.05, 4.69) is 27.0 Å². The molecule has 0 fully saturated rings. The van der Waals surface area contributed by atoms with Crippen molar-refractivity contribution in [3.8, 4) is 0 Å². The molecule has 3 aromatic rings. The van der Waals surface area contributed by atoms with Crippen LogP contribution in [0.4, 0.5) is 0 Å². The Bertz CT molecular complexity index is 804. The molecule has 0 aliphatic heterocycles. The fraction of sp³-hybridized carbons (Fsp3) is 0.333. The summed E-state index contributed by atoms with van der Waals surface area (Å²) >= 11 is 2.81. The number of imidazole rings is 1. The summed E-state index contributed by atoms with van der Waals surface area (Å²) in [5.41, 5.74) is 1.74. The van der Waals surface area contributed by atoms with Gasteiger partial charge in [-0.05, 0) is 24.6 Å². The minimum Gasteiger partial charge on any atom is -0.337 e. The van der Waals surface area contributed by atoms with Gasteiger partial charge in [0.1, 0.15) is 0 Å². The number of fused-ring (bicyclic) bond motifs is 1. The molecule has 8 heteroatoms. The molecular formula is C12H13N5OS2. The lowest BCUT2D eigenvalue weighted by molar-refractivity contribution is 0.840. The van der Waals surface area contributed by atoms with E-state index in [4.69, 9.17) is 0 Å². The highest BCUT2D eigenvalue weighted by atomic mass is 32.2. The van der Waals surface area contributed by atoms with Gasteiger partial charge in [-0.25, -0.2) is 9.97 Å². The smallest absolute Gasteiger partial charge is 0.275 e. The zero-order chi connectivity index (χ0) is 14.1. The van der Waals surface area contributed by atoms with Gasteiger partial charge in [-0.2, -0.15) is 4.52 Å². The Kier molecular flexibility index (Phi) is 3.58. The first-order valence-electron chi connectivity index (χ1n) is 6.31. The van der Waals surface area contributed by atoms with Crippen molar-refractivity contribution in [3.63, 3.8) is 0 Å². The molecule has 0 spiro atoms. The second-order valence-corrected chi connectivity index (χ2v) is 6.36. The molecular weight excluding hydrogens is 294 g/mol. The monoisotopic (exact) mass is 307 g/mol. The first kappa shape index (κ1) is 13.3. The average Bonchev–Trinajstić information content (AvgIpc) is 3.05. The zero-order valence-electron chi connectivity index (χ0n) is 11.1. The molecule has 0 amide bonds. The Balaban J connectivity index is 1.96. The van der Waals surface area contributed by atoms with Crippen LogP contribution in [0.25, 0.3) is 4.96 Å². The average molecular weight is 307 g/mol. The van der Waals surface area contributed by atoms with Crippen molar-refractivity contribution in [1.82, 2.24) is 24.6 Å². The van der Waals surface area contributed by atoms with Crippen LogP contribution < -0.4 is 5.56 Å². The minimum absolute atomic E-state index is 0.136. The summed E-state index contributed by atoms with van der Waals surface area (Å²) in [4.78, 5) is 24.4. The third-order valence-corrected chi connectivity index (χ3v) is 4.67. The van der Waals surface area contributed by atoms with Gasteiger partial charge >= 0.3 is 0 Å². The molecule has 0 unspecified atom stereocenters. The number of nitrogens with one attached hydrogen (secondary N) is 1. The van der Waals surface area contributed by atoms with Crippen LogP contribution >= 0.6 is 23.1 Å². The lowest BCUT2D eigenvalue weighted by Crippen LogP contribution is -2.14. The van der Waals surface area contributed by atoms with Gasteiger partial charge in [0.25, 0.3) is 5.56 Å². The van der Waals surface area contributed by atoms with Crippen LogP contribution in [0.15, 0.2) is 26.6 Å². The van der Waals surface area contributed by atoms with Crippen molar-refractivity contribution in [1.29, 1.82) is 0 Å². The molecule has 3 heterocycles. The zero-order valence-corrected chi connectivity index (χ0v) is 12.7. The Morgan fingerprint density at radius 1 is 1.40 bits per heavy atom. The van der Waals surface area contributed by atoms with Gasteiger partial charge < -0.3 is 4.98 Å². The molecule has 0 aliphatic rings. The molecule has 0 aromatic carbocycles. The van der Waals surface area contributed by atoms with Crippen LogP contribution in [0.5, 0.6) is 0 Å². The molecule has 0 radical (unpaired) electrons. The molecule has 1 N–H and O–H groups in total. The number of aromatic nitrogens is 5. The van der Waals surface area contributed by atoms with E-state index in [9.17, 15) is 4.79 Å². The van der Waals surface area contributed by atoms with Crippen molar-refractivity contribution in [2.45, 2.75) is 36.2 Å². The van der Waals surface area contributed by atoms with Crippen LogP contribution in [0.2, 0.25) is 0 Å². The summed E-state index contributed by atoms with van der Waals surface area (Å²) in [6.07, 6.45) is 3.47. The van der Waals surface area contributed by atoms with E-state index >= 15 is 0 Å². The molecule has 20 heavy (non-hydrogen) atoms. The van der Waals surface area contributed by atoms with Gasteiger partial charge in [0.2, 0.25) is 4.96 Å². The highest BCUT2D eigenvalue weighted by Gasteiger charge is 2.11. The fourth-order valence-corrected chi connectivity index (χ4v) is 3.58. The first-order chi connectivity index (χ1) is 9.69. The van der Waals surface area contributed by atoms with Crippen molar-refractivity contribution >= 4 is 28.1 Å². The molecule has 0 atom stereocenters. The quantitative estimate of drug-likeness (QED) is 0.799. The Morgan fingerprint density at radius 2 is 2.25 bits per heavy atom. The molecule has 6 nitrogen and oxygen atoms in total. The second-order valence-electron chi connectivity index (χ2n) is 4.17. The lowest BCUT2D eigenvalue weighted by Gasteiger charge is -1.93. The summed E-state index contributed by atoms with van der Waals surface area (Å²) < 4.78 is 2.09. The molecule has 3 aromatic heterocycles. The Hall–Kier alpha value is -1.67. The van der Waals surface area contributed by atoms with Crippen molar-refractivity contribution < 1.29 is 0 Å². The van der Waals surface area contributed by atoms with E-state index in [0.29, 0.717) is 4.96 Å². The number of rotatable bonds is 4. The van der Waals surface area contributed by atoms with E-state index in [0.717, 1.165) is 33.7 Å². The van der Waals surface area contributed by atoms with Crippen LogP contribution in [-0.4, -0.2) is 24.6 Å². The number of aromatic amines is 1. The van der Waals surface area contributed by atoms with Crippen LogP contribution in [0.1, 0.15) is 25.2 Å². The lowest BCUT2D eigenvalue weighted by atomic mass is 10.3. The SMILES string of the molecule is CCc1cc(=O)n2nc(Sc3ncc(CC)[nH]3)sc2n1. The molecule has 0 saturated heterocycles. The van der Waals surface area contributed by atoms with E-state index < -0.39 is 0 Å². The summed E-state index contributed by atoms with van der Waals surface area (Å²) in [6.45, 7) is 4.04. The fourth-order valence-electron chi connectivity index (χ4n) is 1.71. The van der Waals surface area contributed by atoms with Gasteiger partial charge in [-0.1, -0.05) is 25.2 Å². The maximum Gasteiger partial charge on any atom is 0.275 e. The molecule has 3 rings (SSSR count). The summed E-state index contributed by atoms with van der Waals surface area (Å²) in [5, 5.41) is 5.06. The third-order valence-electron chi connectivity index (χ3n) is 2.81. The van der Waals surface area contributed by atoms with Gasteiger partial charge in [0.05, 0.1) is 0 Å². The molecule has 0 saturated carbocycles. The van der Waals surface area contributed by atoms with Crippen LogP contribution in [0, 0.1) is 0 Å². The molecule has 0 bridgehead atoms. The molecule has 0 aliphatic carbocycles. The van der Waals surface area contributed by atoms with Crippen molar-refractivity contribution in [2.24, 2.45) is 0 Å². The van der Waals surface area contributed by atoms with Crippen LogP contribution in [0.3, 0.4) is 0 Å². The van der Waals surface area contributed by atoms with E-state index in [1.807, 2.05) is 13.1 Å². The predicted molar refractivity (Wildman–Crippen MR) is 78.6 cm³/mol. The normalized spacial score (nSPS) is 11.3. The van der Waals surface area contributed by atoms with Gasteiger partial charge in [-0.15, -0.1) is 5.10 Å². The number of aryl methyl sites for hydroxylation is 2. The van der Waals surface area contributed by atoms with E-state index in [-0.39, 0.29) is 5.56 Å². The Morgan fingerprint density at radius 3 is 2.95 bits per heavy atom. The first-order valence-corrected chi connectivity index (χ1v) is 7.94. The second kappa shape index (κ2) is 5.37. The maximum atomic E-state index is 11.9. The maximum absolute atomic E-state index is 11.9. The summed E-state index contributed by atoms with van der Waals surface area (Å²) in [7, 11) is 0. The van der Waals surface area contributed by atoms with Crippen molar-refractivity contribution in [3.05, 3.63) is 34.0 Å². The van der Waals surface area contributed by atoms with Gasteiger partial charge in [0, 0.05) is 23.7 Å². The minimum atomic E-state index is -0.136. The number of nitrogens with zero attached hydrogens (tertiary/aromatic N) is 4. The predicted octanol–water partition coefficient (Wildman–Crippen LogP) is 2.15. The highest BCUT2D eigenvalue weighted by Crippen LogP contribution is 2.28. The van der Waals surface area contributed by atoms with E-state index in [1.165, 1.54) is 33.7 Å². The standard InChI is InChI=1S/C12H13N5OS2/c1-3-7-5-9(18)17-11(15-7)20-12(16-17)19-10-13-6-8(4-2)14-10/h5-6H,3-4H2,1-2H3,(H,13,14). The third kappa shape index (κ3) is 2.48. The summed E-state index contributed by atoms with van der Waals surface area (Å²) in [6, 6.07) is 1.53. The number of hydrogen-bond acceptors (Lipinski definition) is 6. The van der Waals surface area contributed by atoms with Gasteiger partial charge in [-0.3, -0.25) is 4.79 Å².